The van der Waals surface area contributed by atoms with Crippen LogP contribution < -0.4 is 10.1 Å². The van der Waals surface area contributed by atoms with Crippen LogP contribution in [0.25, 0.3) is 0 Å². The van der Waals surface area contributed by atoms with E-state index in [2.05, 4.69) is 15.3 Å². The number of nitrogens with zero attached hydrogens (tertiary/aromatic N) is 2. The van der Waals surface area contributed by atoms with Crippen LogP contribution in [-0.4, -0.2) is 43.0 Å². The molecule has 1 saturated heterocycles. The van der Waals surface area contributed by atoms with Gasteiger partial charge in [-0.05, 0) is 12.8 Å². The van der Waals surface area contributed by atoms with Crippen molar-refractivity contribution in [3.8, 4) is 5.88 Å². The molecule has 1 atom stereocenters. The smallest absolute Gasteiger partial charge is 0.226 e. The topological polar surface area (TPSA) is 81.2 Å². The first kappa shape index (κ1) is 12.1. The lowest BCUT2D eigenvalue weighted by Gasteiger charge is -2.22. The molecule has 0 saturated carbocycles. The summed E-state index contributed by atoms with van der Waals surface area (Å²) in [6.45, 7) is 0. The number of nitrogens with one attached hydrogen (secondary N) is 1. The van der Waals surface area contributed by atoms with Crippen molar-refractivity contribution in [3.63, 3.8) is 0 Å². The van der Waals surface area contributed by atoms with E-state index in [0.717, 1.165) is 6.42 Å². The monoisotopic (exact) mass is 257 g/mol. The molecule has 2 rings (SSSR count). The van der Waals surface area contributed by atoms with Gasteiger partial charge in [-0.15, -0.1) is 0 Å². The van der Waals surface area contributed by atoms with Gasteiger partial charge in [-0.3, -0.25) is 0 Å². The van der Waals surface area contributed by atoms with Crippen molar-refractivity contribution in [2.75, 3.05) is 23.9 Å². The molecule has 1 unspecified atom stereocenters. The van der Waals surface area contributed by atoms with E-state index in [4.69, 9.17) is 4.74 Å². The van der Waals surface area contributed by atoms with Gasteiger partial charge in [0.2, 0.25) is 11.8 Å². The molecule has 0 bridgehead atoms. The first-order chi connectivity index (χ1) is 8.09. The van der Waals surface area contributed by atoms with E-state index in [1.807, 2.05) is 0 Å². The number of hydrogen-bond donors (Lipinski definition) is 1. The molecule has 94 valence electrons. The average molecular weight is 257 g/mol. The number of anilines is 1. The maximum Gasteiger partial charge on any atom is 0.226 e. The molecule has 1 aliphatic rings. The van der Waals surface area contributed by atoms with Gasteiger partial charge in [0.15, 0.2) is 9.84 Å². The van der Waals surface area contributed by atoms with Gasteiger partial charge in [0.05, 0.1) is 18.6 Å². The molecule has 1 aliphatic heterocycles. The molecule has 17 heavy (non-hydrogen) atoms. The predicted octanol–water partition coefficient (Wildman–Crippen LogP) is 0.474. The standard InChI is InChI=1S/C10H15N3O3S/c1-16-9-4-5-11-10(13-9)12-8-3-2-6-17(14,15)7-8/h4-5,8H,2-3,6-7H2,1H3,(H,11,12,13). The van der Waals surface area contributed by atoms with Crippen LogP contribution in [-0.2, 0) is 9.84 Å². The molecule has 1 aromatic rings. The Labute approximate surface area is 100 Å². The van der Waals surface area contributed by atoms with Crippen molar-refractivity contribution in [2.24, 2.45) is 0 Å². The van der Waals surface area contributed by atoms with Gasteiger partial charge < -0.3 is 10.1 Å². The van der Waals surface area contributed by atoms with Crippen molar-refractivity contribution in [1.82, 2.24) is 9.97 Å². The Morgan fingerprint density at radius 3 is 3.06 bits per heavy atom. The maximum atomic E-state index is 11.5. The summed E-state index contributed by atoms with van der Waals surface area (Å²) in [6.07, 6.45) is 3.08. The number of rotatable bonds is 3. The van der Waals surface area contributed by atoms with E-state index < -0.39 is 9.84 Å². The fourth-order valence-corrected chi connectivity index (χ4v) is 3.48. The summed E-state index contributed by atoms with van der Waals surface area (Å²) >= 11 is 0. The fourth-order valence-electron chi connectivity index (χ4n) is 1.84. The summed E-state index contributed by atoms with van der Waals surface area (Å²) in [6, 6.07) is 1.53. The van der Waals surface area contributed by atoms with E-state index in [9.17, 15) is 8.42 Å². The van der Waals surface area contributed by atoms with Crippen LogP contribution in [0.15, 0.2) is 12.3 Å². The number of sulfone groups is 1. The average Bonchev–Trinajstić information content (AvgIpc) is 2.28. The zero-order valence-electron chi connectivity index (χ0n) is 9.59. The lowest BCUT2D eigenvalue weighted by molar-refractivity contribution is 0.397. The Bertz CT molecular complexity index is 489. The van der Waals surface area contributed by atoms with Crippen LogP contribution in [0.5, 0.6) is 5.88 Å². The zero-order chi connectivity index (χ0) is 12.3. The van der Waals surface area contributed by atoms with Crippen molar-refractivity contribution in [1.29, 1.82) is 0 Å². The second-order valence-corrected chi connectivity index (χ2v) is 6.25. The Morgan fingerprint density at radius 1 is 1.53 bits per heavy atom. The minimum Gasteiger partial charge on any atom is -0.481 e. The van der Waals surface area contributed by atoms with Gasteiger partial charge in [-0.2, -0.15) is 4.98 Å². The summed E-state index contributed by atoms with van der Waals surface area (Å²) in [5.41, 5.74) is 0. The first-order valence-electron chi connectivity index (χ1n) is 5.43. The summed E-state index contributed by atoms with van der Waals surface area (Å²) in [4.78, 5) is 8.13. The van der Waals surface area contributed by atoms with Crippen LogP contribution in [0.3, 0.4) is 0 Å². The predicted molar refractivity (Wildman–Crippen MR) is 63.9 cm³/mol. The molecular formula is C10H15N3O3S. The molecule has 0 aromatic carbocycles. The van der Waals surface area contributed by atoms with E-state index >= 15 is 0 Å². The fraction of sp³-hybridized carbons (Fsp3) is 0.600. The SMILES string of the molecule is COc1ccnc(NC2CCCS(=O)(=O)C2)n1. The van der Waals surface area contributed by atoms with Gasteiger partial charge in [-0.25, -0.2) is 13.4 Å². The van der Waals surface area contributed by atoms with Crippen LogP contribution in [0, 0.1) is 0 Å². The lowest BCUT2D eigenvalue weighted by Crippen LogP contribution is -2.35. The highest BCUT2D eigenvalue weighted by Crippen LogP contribution is 2.16. The Hall–Kier alpha value is -1.37. The molecule has 6 nitrogen and oxygen atoms in total. The van der Waals surface area contributed by atoms with Gasteiger partial charge >= 0.3 is 0 Å². The van der Waals surface area contributed by atoms with Crippen molar-refractivity contribution >= 4 is 15.8 Å². The highest BCUT2D eigenvalue weighted by Gasteiger charge is 2.25. The summed E-state index contributed by atoms with van der Waals surface area (Å²) in [5.74, 6) is 1.30. The van der Waals surface area contributed by atoms with Crippen LogP contribution in [0.2, 0.25) is 0 Å². The minimum absolute atomic E-state index is 0.110. The summed E-state index contributed by atoms with van der Waals surface area (Å²) in [7, 11) is -1.39. The third-order valence-electron chi connectivity index (χ3n) is 2.64. The zero-order valence-corrected chi connectivity index (χ0v) is 10.4. The van der Waals surface area contributed by atoms with E-state index in [1.54, 1.807) is 12.3 Å². The molecule has 2 heterocycles. The normalized spacial score (nSPS) is 23.0. The van der Waals surface area contributed by atoms with Gasteiger partial charge in [0.1, 0.15) is 0 Å². The Morgan fingerprint density at radius 2 is 2.35 bits per heavy atom. The lowest BCUT2D eigenvalue weighted by atomic mass is 10.2. The largest absolute Gasteiger partial charge is 0.481 e. The van der Waals surface area contributed by atoms with Gasteiger partial charge in [-0.1, -0.05) is 0 Å². The number of methoxy groups -OCH3 is 1. The summed E-state index contributed by atoms with van der Waals surface area (Å²) < 4.78 is 27.9. The van der Waals surface area contributed by atoms with E-state index in [0.29, 0.717) is 18.2 Å². The van der Waals surface area contributed by atoms with Crippen LogP contribution in [0.1, 0.15) is 12.8 Å². The van der Waals surface area contributed by atoms with E-state index in [-0.39, 0.29) is 17.5 Å². The Kier molecular flexibility index (Phi) is 3.46. The molecule has 1 fully saturated rings. The Balaban J connectivity index is 2.05. The second-order valence-electron chi connectivity index (χ2n) is 4.02. The number of aromatic nitrogens is 2. The highest BCUT2D eigenvalue weighted by atomic mass is 32.2. The van der Waals surface area contributed by atoms with Crippen molar-refractivity contribution < 1.29 is 13.2 Å². The molecule has 1 aromatic heterocycles. The third kappa shape index (κ3) is 3.29. The highest BCUT2D eigenvalue weighted by molar-refractivity contribution is 7.91. The van der Waals surface area contributed by atoms with Crippen LogP contribution in [0.4, 0.5) is 5.95 Å². The number of hydrogen-bond acceptors (Lipinski definition) is 6. The third-order valence-corrected chi connectivity index (χ3v) is 4.46. The summed E-state index contributed by atoms with van der Waals surface area (Å²) in [5, 5.41) is 3.03. The molecule has 0 aliphatic carbocycles. The minimum atomic E-state index is -2.92. The molecule has 0 spiro atoms. The molecule has 0 amide bonds. The van der Waals surface area contributed by atoms with Gasteiger partial charge in [0.25, 0.3) is 0 Å². The molecular weight excluding hydrogens is 242 g/mol. The number of ether oxygens (including phenoxy) is 1. The van der Waals surface area contributed by atoms with Crippen molar-refractivity contribution in [2.45, 2.75) is 18.9 Å². The first-order valence-corrected chi connectivity index (χ1v) is 7.25. The molecule has 0 radical (unpaired) electrons. The van der Waals surface area contributed by atoms with Crippen LogP contribution >= 0.6 is 0 Å². The van der Waals surface area contributed by atoms with E-state index in [1.165, 1.54) is 7.11 Å². The van der Waals surface area contributed by atoms with Crippen molar-refractivity contribution in [3.05, 3.63) is 12.3 Å². The molecule has 1 N–H and O–H groups in total. The van der Waals surface area contributed by atoms with Gasteiger partial charge in [0, 0.05) is 18.3 Å². The second kappa shape index (κ2) is 4.87. The quantitative estimate of drug-likeness (QED) is 0.848. The maximum absolute atomic E-state index is 11.5. The molecule has 7 heteroatoms.